The van der Waals surface area contributed by atoms with E-state index in [2.05, 4.69) is 17.6 Å². The number of ether oxygens (including phenoxy) is 1. The lowest BCUT2D eigenvalue weighted by molar-refractivity contribution is -0.126. The van der Waals surface area contributed by atoms with Crippen molar-refractivity contribution in [2.45, 2.75) is 31.8 Å². The van der Waals surface area contributed by atoms with Crippen LogP contribution in [0.25, 0.3) is 0 Å². The second kappa shape index (κ2) is 9.60. The van der Waals surface area contributed by atoms with Crippen molar-refractivity contribution in [1.82, 2.24) is 10.6 Å². The fourth-order valence-corrected chi connectivity index (χ4v) is 3.52. The van der Waals surface area contributed by atoms with Gasteiger partial charge < -0.3 is 15.4 Å². The number of benzene rings is 2. The summed E-state index contributed by atoms with van der Waals surface area (Å²) in [6, 6.07) is 18.1. The molecule has 0 radical (unpaired) electrons. The van der Waals surface area contributed by atoms with Gasteiger partial charge >= 0.3 is 0 Å². The summed E-state index contributed by atoms with van der Waals surface area (Å²) in [5.41, 5.74) is 2.04. The predicted octanol–water partition coefficient (Wildman–Crippen LogP) is 3.71. The summed E-state index contributed by atoms with van der Waals surface area (Å²) in [6.07, 6.45) is 1.75. The molecule has 0 spiro atoms. The Kier molecular flexibility index (Phi) is 7.49. The normalized spacial score (nSPS) is 20.5. The number of carbonyl (C=O) groups excluding carboxylic acids is 1. The molecule has 4 nitrogen and oxygen atoms in total. The van der Waals surface area contributed by atoms with Crippen LogP contribution >= 0.6 is 12.4 Å². The highest BCUT2D eigenvalue weighted by molar-refractivity contribution is 5.85. The Hall–Kier alpha value is -2.04. The van der Waals surface area contributed by atoms with E-state index in [0.29, 0.717) is 6.04 Å². The van der Waals surface area contributed by atoms with Gasteiger partial charge in [-0.25, -0.2) is 0 Å². The fourth-order valence-electron chi connectivity index (χ4n) is 3.52. The first kappa shape index (κ1) is 20.3. The highest BCUT2D eigenvalue weighted by Crippen LogP contribution is 2.30. The molecule has 1 amide bonds. The Labute approximate surface area is 161 Å². The molecule has 0 saturated carbocycles. The summed E-state index contributed by atoms with van der Waals surface area (Å²) in [4.78, 5) is 12.9. The summed E-state index contributed by atoms with van der Waals surface area (Å²) >= 11 is 0. The largest absolute Gasteiger partial charge is 0.496 e. The van der Waals surface area contributed by atoms with Crippen LogP contribution in [0, 0.1) is 5.92 Å². The molecule has 1 heterocycles. The van der Waals surface area contributed by atoms with E-state index >= 15 is 0 Å². The number of halogens is 1. The number of hydrogen-bond acceptors (Lipinski definition) is 3. The van der Waals surface area contributed by atoms with E-state index in [-0.39, 0.29) is 30.3 Å². The maximum atomic E-state index is 12.9. The Bertz CT molecular complexity index is 708. The van der Waals surface area contributed by atoms with Crippen molar-refractivity contribution < 1.29 is 9.53 Å². The molecule has 0 bridgehead atoms. The van der Waals surface area contributed by atoms with Gasteiger partial charge in [-0.05, 0) is 37.9 Å². The number of amides is 1. The highest BCUT2D eigenvalue weighted by Gasteiger charge is 2.28. The lowest BCUT2D eigenvalue weighted by Crippen LogP contribution is -2.43. The first-order chi connectivity index (χ1) is 12.2. The van der Waals surface area contributed by atoms with Crippen molar-refractivity contribution in [3.05, 3.63) is 65.7 Å². The van der Waals surface area contributed by atoms with Crippen LogP contribution in [-0.4, -0.2) is 25.6 Å². The molecule has 1 unspecified atom stereocenters. The molecule has 2 aromatic carbocycles. The standard InChI is InChI=1S/C21H26N2O2.ClH/c1-15-14-17(12-13-22-15)21(24)23-20(16-8-4-3-5-9-16)18-10-6-7-11-19(18)25-2;/h3-11,15,17,20,22H,12-14H2,1-2H3,(H,23,24);1H/t15-,17-,20?;/m0./s1. The molecule has 5 heteroatoms. The van der Waals surface area contributed by atoms with Gasteiger partial charge in [0, 0.05) is 17.5 Å². The molecule has 3 rings (SSSR count). The van der Waals surface area contributed by atoms with Crippen molar-refractivity contribution in [1.29, 1.82) is 0 Å². The molecule has 2 N–H and O–H groups in total. The van der Waals surface area contributed by atoms with Gasteiger partial charge in [0.15, 0.2) is 0 Å². The van der Waals surface area contributed by atoms with E-state index in [1.807, 2.05) is 54.6 Å². The van der Waals surface area contributed by atoms with Crippen molar-refractivity contribution in [2.24, 2.45) is 5.92 Å². The molecule has 26 heavy (non-hydrogen) atoms. The summed E-state index contributed by atoms with van der Waals surface area (Å²) in [5.74, 6) is 0.959. The van der Waals surface area contributed by atoms with Crippen LogP contribution < -0.4 is 15.4 Å². The molecule has 3 atom stereocenters. The summed E-state index contributed by atoms with van der Waals surface area (Å²) in [6.45, 7) is 3.03. The first-order valence-corrected chi connectivity index (χ1v) is 8.90. The van der Waals surface area contributed by atoms with Crippen LogP contribution in [0.1, 0.15) is 36.9 Å². The minimum atomic E-state index is -0.213. The van der Waals surface area contributed by atoms with Crippen LogP contribution in [0.2, 0.25) is 0 Å². The quantitative estimate of drug-likeness (QED) is 0.838. The van der Waals surface area contributed by atoms with Gasteiger partial charge in [-0.1, -0.05) is 48.5 Å². The summed E-state index contributed by atoms with van der Waals surface area (Å²) in [7, 11) is 1.66. The van der Waals surface area contributed by atoms with Crippen LogP contribution in [0.15, 0.2) is 54.6 Å². The lowest BCUT2D eigenvalue weighted by atomic mass is 9.91. The average molecular weight is 375 g/mol. The molecule has 1 aliphatic rings. The molecule has 140 valence electrons. The SMILES string of the molecule is COc1ccccc1C(NC(=O)[C@H]1CCN[C@@H](C)C1)c1ccccc1.Cl. The number of carbonyl (C=O) groups is 1. The third kappa shape index (κ3) is 4.77. The van der Waals surface area contributed by atoms with E-state index in [1.165, 1.54) is 0 Å². The van der Waals surface area contributed by atoms with E-state index in [4.69, 9.17) is 4.74 Å². The molecule has 0 aliphatic carbocycles. The van der Waals surface area contributed by atoms with Crippen molar-refractivity contribution >= 4 is 18.3 Å². The second-order valence-corrected chi connectivity index (χ2v) is 6.67. The van der Waals surface area contributed by atoms with Gasteiger partial charge in [-0.3, -0.25) is 4.79 Å². The van der Waals surface area contributed by atoms with Crippen molar-refractivity contribution in [3.63, 3.8) is 0 Å². The Morgan fingerprint density at radius 1 is 1.15 bits per heavy atom. The third-order valence-corrected chi connectivity index (χ3v) is 4.86. The van der Waals surface area contributed by atoms with E-state index in [9.17, 15) is 4.79 Å². The lowest BCUT2D eigenvalue weighted by Gasteiger charge is -2.29. The third-order valence-electron chi connectivity index (χ3n) is 4.86. The maximum Gasteiger partial charge on any atom is 0.223 e. The van der Waals surface area contributed by atoms with Crippen molar-refractivity contribution in [3.8, 4) is 5.75 Å². The van der Waals surface area contributed by atoms with Gasteiger partial charge in [-0.2, -0.15) is 0 Å². The zero-order valence-corrected chi connectivity index (χ0v) is 16.1. The van der Waals surface area contributed by atoms with Crippen LogP contribution in [0.3, 0.4) is 0 Å². The van der Waals surface area contributed by atoms with Crippen LogP contribution in [0.5, 0.6) is 5.75 Å². The topological polar surface area (TPSA) is 50.4 Å². The van der Waals surface area contributed by atoms with Crippen molar-refractivity contribution in [2.75, 3.05) is 13.7 Å². The number of piperidine rings is 1. The second-order valence-electron chi connectivity index (χ2n) is 6.67. The molecular weight excluding hydrogens is 348 g/mol. The van der Waals surface area contributed by atoms with E-state index in [1.54, 1.807) is 7.11 Å². The summed E-state index contributed by atoms with van der Waals surface area (Å²) in [5, 5.41) is 6.67. The highest BCUT2D eigenvalue weighted by atomic mass is 35.5. The number of para-hydroxylation sites is 1. The Morgan fingerprint density at radius 2 is 1.85 bits per heavy atom. The smallest absolute Gasteiger partial charge is 0.223 e. The number of nitrogens with one attached hydrogen (secondary N) is 2. The predicted molar refractivity (Wildman–Crippen MR) is 107 cm³/mol. The van der Waals surface area contributed by atoms with Gasteiger partial charge in [0.1, 0.15) is 5.75 Å². The van der Waals surface area contributed by atoms with Gasteiger partial charge in [0.25, 0.3) is 0 Å². The van der Waals surface area contributed by atoms with Gasteiger partial charge in [0.05, 0.1) is 13.2 Å². The number of rotatable bonds is 5. The zero-order valence-electron chi connectivity index (χ0n) is 15.3. The molecule has 1 fully saturated rings. The Balaban J connectivity index is 0.00000243. The molecule has 2 aromatic rings. The minimum Gasteiger partial charge on any atom is -0.496 e. The van der Waals surface area contributed by atoms with Crippen LogP contribution in [-0.2, 0) is 4.79 Å². The zero-order chi connectivity index (χ0) is 17.6. The Morgan fingerprint density at radius 3 is 2.54 bits per heavy atom. The van der Waals surface area contributed by atoms with E-state index in [0.717, 1.165) is 36.3 Å². The molecule has 1 aliphatic heterocycles. The first-order valence-electron chi connectivity index (χ1n) is 8.90. The van der Waals surface area contributed by atoms with Gasteiger partial charge in [-0.15, -0.1) is 12.4 Å². The average Bonchev–Trinajstić information content (AvgIpc) is 2.66. The fraction of sp³-hybridized carbons (Fsp3) is 0.381. The van der Waals surface area contributed by atoms with E-state index < -0.39 is 0 Å². The van der Waals surface area contributed by atoms with Crippen LogP contribution in [0.4, 0.5) is 0 Å². The monoisotopic (exact) mass is 374 g/mol. The number of hydrogen-bond donors (Lipinski definition) is 2. The molecular formula is C21H27ClN2O2. The van der Waals surface area contributed by atoms with Gasteiger partial charge in [0.2, 0.25) is 5.91 Å². The minimum absolute atomic E-state index is 0. The number of methoxy groups -OCH3 is 1. The molecule has 1 saturated heterocycles. The molecule has 0 aromatic heterocycles. The summed E-state index contributed by atoms with van der Waals surface area (Å²) < 4.78 is 5.53. The maximum absolute atomic E-state index is 12.9.